The van der Waals surface area contributed by atoms with Gasteiger partial charge in [-0.3, -0.25) is 14.5 Å². The van der Waals surface area contributed by atoms with Crippen molar-refractivity contribution in [1.82, 2.24) is 4.90 Å². The summed E-state index contributed by atoms with van der Waals surface area (Å²) >= 11 is 4.77. The van der Waals surface area contributed by atoms with Gasteiger partial charge in [0.05, 0.1) is 12.3 Å². The standard InChI is InChI=1S/C21H19BrN2O4S/c1-3-28-19(26)17-12-29-21(24(17)18(25)13-7-5-4-6-8-13)15-11-14(22)9-10-16(15)23(2)20(21)27/h4-11,17H,3,12H2,1-2H3/t17-,21-/m0/s1. The molecule has 2 aromatic carbocycles. The van der Waals surface area contributed by atoms with Crippen LogP contribution >= 0.6 is 27.7 Å². The summed E-state index contributed by atoms with van der Waals surface area (Å²) in [5, 5.41) is 0. The molecule has 0 radical (unpaired) electrons. The van der Waals surface area contributed by atoms with Gasteiger partial charge in [-0.25, -0.2) is 4.79 Å². The number of anilines is 1. The van der Waals surface area contributed by atoms with E-state index in [-0.39, 0.29) is 24.2 Å². The topological polar surface area (TPSA) is 66.9 Å². The number of hydrogen-bond donors (Lipinski definition) is 0. The van der Waals surface area contributed by atoms with Gasteiger partial charge in [0.15, 0.2) is 4.87 Å². The molecule has 2 aromatic rings. The van der Waals surface area contributed by atoms with Crippen LogP contribution in [-0.2, 0) is 19.2 Å². The molecule has 0 bridgehead atoms. The van der Waals surface area contributed by atoms with Gasteiger partial charge in [0, 0.05) is 28.4 Å². The van der Waals surface area contributed by atoms with Gasteiger partial charge in [-0.1, -0.05) is 34.1 Å². The molecular weight excluding hydrogens is 456 g/mol. The molecule has 150 valence electrons. The molecule has 0 aliphatic carbocycles. The lowest BCUT2D eigenvalue weighted by Gasteiger charge is -2.35. The van der Waals surface area contributed by atoms with E-state index in [1.807, 2.05) is 24.3 Å². The third-order valence-electron chi connectivity index (χ3n) is 5.18. The van der Waals surface area contributed by atoms with E-state index in [2.05, 4.69) is 15.9 Å². The highest BCUT2D eigenvalue weighted by molar-refractivity contribution is 9.10. The molecule has 0 N–H and O–H groups in total. The molecule has 1 saturated heterocycles. The molecule has 6 nitrogen and oxygen atoms in total. The molecule has 2 heterocycles. The summed E-state index contributed by atoms with van der Waals surface area (Å²) in [6.07, 6.45) is 0. The number of likely N-dealkylation sites (N-methyl/N-ethyl adjacent to an activating group) is 1. The number of nitrogens with zero attached hydrogens (tertiary/aromatic N) is 2. The third kappa shape index (κ3) is 2.97. The molecule has 8 heteroatoms. The number of fused-ring (bicyclic) bond motifs is 2. The zero-order valence-electron chi connectivity index (χ0n) is 15.9. The lowest BCUT2D eigenvalue weighted by atomic mass is 10.0. The van der Waals surface area contributed by atoms with Crippen molar-refractivity contribution in [1.29, 1.82) is 0 Å². The number of rotatable bonds is 3. The van der Waals surface area contributed by atoms with Crippen LogP contribution in [0.3, 0.4) is 0 Å². The van der Waals surface area contributed by atoms with Crippen LogP contribution in [0.25, 0.3) is 0 Å². The summed E-state index contributed by atoms with van der Waals surface area (Å²) in [5.74, 6) is -0.835. The number of esters is 1. The Hall–Kier alpha value is -2.32. The van der Waals surface area contributed by atoms with Gasteiger partial charge in [-0.15, -0.1) is 11.8 Å². The van der Waals surface area contributed by atoms with E-state index in [9.17, 15) is 14.4 Å². The Morgan fingerprint density at radius 3 is 2.66 bits per heavy atom. The summed E-state index contributed by atoms with van der Waals surface area (Å²) < 4.78 is 6.04. The van der Waals surface area contributed by atoms with E-state index in [0.29, 0.717) is 11.1 Å². The third-order valence-corrected chi connectivity index (χ3v) is 7.16. The second-order valence-corrected chi connectivity index (χ2v) is 8.92. The molecule has 4 rings (SSSR count). The number of benzene rings is 2. The zero-order valence-corrected chi connectivity index (χ0v) is 18.3. The average molecular weight is 475 g/mol. The normalized spacial score (nSPS) is 22.9. The van der Waals surface area contributed by atoms with Gasteiger partial charge in [-0.2, -0.15) is 0 Å². The van der Waals surface area contributed by atoms with Crippen LogP contribution in [0.15, 0.2) is 53.0 Å². The highest BCUT2D eigenvalue weighted by atomic mass is 79.9. The molecule has 0 unspecified atom stereocenters. The van der Waals surface area contributed by atoms with Crippen molar-refractivity contribution < 1.29 is 19.1 Å². The Morgan fingerprint density at radius 2 is 1.97 bits per heavy atom. The van der Waals surface area contributed by atoms with Crippen molar-refractivity contribution in [3.8, 4) is 0 Å². The van der Waals surface area contributed by atoms with Crippen molar-refractivity contribution in [2.75, 3.05) is 24.3 Å². The van der Waals surface area contributed by atoms with Gasteiger partial charge in [0.25, 0.3) is 11.8 Å². The summed E-state index contributed by atoms with van der Waals surface area (Å²) in [7, 11) is 1.69. The van der Waals surface area contributed by atoms with Crippen LogP contribution in [-0.4, -0.2) is 48.1 Å². The number of carbonyl (C=O) groups excluding carboxylic acids is 3. The molecule has 2 amide bonds. The van der Waals surface area contributed by atoms with Crippen molar-refractivity contribution in [2.45, 2.75) is 17.8 Å². The Kier molecular flexibility index (Phi) is 5.16. The second-order valence-electron chi connectivity index (χ2n) is 6.79. The molecule has 0 aromatic heterocycles. The van der Waals surface area contributed by atoms with Crippen molar-refractivity contribution in [3.05, 3.63) is 64.1 Å². The smallest absolute Gasteiger partial charge is 0.329 e. The highest BCUT2D eigenvalue weighted by Gasteiger charge is 2.63. The SMILES string of the molecule is CCOC(=O)[C@@H]1CS[C@@]2(C(=O)N(C)c3ccc(Br)cc32)N1C(=O)c1ccccc1. The van der Waals surface area contributed by atoms with Crippen molar-refractivity contribution in [2.24, 2.45) is 0 Å². The number of ether oxygens (including phenoxy) is 1. The van der Waals surface area contributed by atoms with E-state index in [1.54, 1.807) is 43.1 Å². The first-order valence-corrected chi connectivity index (χ1v) is 11.0. The largest absolute Gasteiger partial charge is 0.464 e. The maximum Gasteiger partial charge on any atom is 0.329 e. The Balaban J connectivity index is 1.90. The molecule has 1 spiro atoms. The first-order chi connectivity index (χ1) is 13.9. The molecule has 29 heavy (non-hydrogen) atoms. The van der Waals surface area contributed by atoms with Gasteiger partial charge in [0.2, 0.25) is 0 Å². The predicted molar refractivity (Wildman–Crippen MR) is 115 cm³/mol. The van der Waals surface area contributed by atoms with Crippen LogP contribution in [0.4, 0.5) is 5.69 Å². The molecule has 2 atom stereocenters. The highest BCUT2D eigenvalue weighted by Crippen LogP contribution is 2.56. The maximum absolute atomic E-state index is 13.6. The van der Waals surface area contributed by atoms with Crippen molar-refractivity contribution >= 4 is 51.2 Å². The number of amides is 2. The second kappa shape index (κ2) is 7.50. The van der Waals surface area contributed by atoms with E-state index >= 15 is 0 Å². The van der Waals surface area contributed by atoms with Gasteiger partial charge in [-0.05, 0) is 37.3 Å². The summed E-state index contributed by atoms with van der Waals surface area (Å²) in [4.78, 5) is 41.5. The molecule has 1 fully saturated rings. The van der Waals surface area contributed by atoms with Gasteiger partial charge >= 0.3 is 5.97 Å². The van der Waals surface area contributed by atoms with Crippen LogP contribution in [0.5, 0.6) is 0 Å². The number of halogens is 1. The van der Waals surface area contributed by atoms with E-state index in [0.717, 1.165) is 10.2 Å². The lowest BCUT2D eigenvalue weighted by Crippen LogP contribution is -2.55. The first-order valence-electron chi connectivity index (χ1n) is 9.19. The molecule has 2 aliphatic heterocycles. The quantitative estimate of drug-likeness (QED) is 0.637. The fourth-order valence-electron chi connectivity index (χ4n) is 3.88. The van der Waals surface area contributed by atoms with Crippen LogP contribution in [0.1, 0.15) is 22.8 Å². The molecular formula is C21H19BrN2O4S. The first kappa shape index (κ1) is 20.0. The van der Waals surface area contributed by atoms with E-state index in [4.69, 9.17) is 4.74 Å². The number of thioether (sulfide) groups is 1. The Bertz CT molecular complexity index is 999. The van der Waals surface area contributed by atoms with Crippen molar-refractivity contribution in [3.63, 3.8) is 0 Å². The van der Waals surface area contributed by atoms with E-state index < -0.39 is 16.9 Å². The van der Waals surface area contributed by atoms with E-state index in [1.165, 1.54) is 16.7 Å². The minimum absolute atomic E-state index is 0.205. The monoisotopic (exact) mass is 474 g/mol. The fraction of sp³-hybridized carbons (Fsp3) is 0.286. The van der Waals surface area contributed by atoms with Gasteiger partial charge in [0.1, 0.15) is 6.04 Å². The number of hydrogen-bond acceptors (Lipinski definition) is 5. The predicted octanol–water partition coefficient (Wildman–Crippen LogP) is 3.40. The lowest BCUT2D eigenvalue weighted by molar-refractivity contribution is -0.148. The number of carbonyl (C=O) groups is 3. The summed E-state index contributed by atoms with van der Waals surface area (Å²) in [6.45, 7) is 1.93. The maximum atomic E-state index is 13.6. The Labute approximate surface area is 181 Å². The minimum Gasteiger partial charge on any atom is -0.464 e. The van der Waals surface area contributed by atoms with Crippen LogP contribution in [0, 0.1) is 0 Å². The van der Waals surface area contributed by atoms with Gasteiger partial charge < -0.3 is 9.64 Å². The molecule has 0 saturated carbocycles. The zero-order chi connectivity index (χ0) is 20.8. The molecule has 2 aliphatic rings. The Morgan fingerprint density at radius 1 is 1.24 bits per heavy atom. The average Bonchev–Trinajstić information content (AvgIpc) is 3.22. The fourth-order valence-corrected chi connectivity index (χ4v) is 5.85. The summed E-state index contributed by atoms with van der Waals surface area (Å²) in [5.41, 5.74) is 1.84. The van der Waals surface area contributed by atoms with Crippen LogP contribution in [0.2, 0.25) is 0 Å². The minimum atomic E-state index is -1.31. The van der Waals surface area contributed by atoms with Crippen LogP contribution < -0.4 is 4.90 Å². The summed E-state index contributed by atoms with van der Waals surface area (Å²) in [6, 6.07) is 13.4.